The van der Waals surface area contributed by atoms with Crippen LogP contribution in [0.1, 0.15) is 53.2 Å². The van der Waals surface area contributed by atoms with E-state index in [0.29, 0.717) is 41.4 Å². The van der Waals surface area contributed by atoms with Gasteiger partial charge in [0.1, 0.15) is 5.02 Å². The van der Waals surface area contributed by atoms with Gasteiger partial charge in [0.2, 0.25) is 11.8 Å². The third kappa shape index (κ3) is 2.84. The lowest BCUT2D eigenvalue weighted by Gasteiger charge is -2.16. The molecule has 0 unspecified atom stereocenters. The van der Waals surface area contributed by atoms with Crippen molar-refractivity contribution in [3.8, 4) is 5.88 Å². The van der Waals surface area contributed by atoms with Crippen molar-refractivity contribution < 1.29 is 14.1 Å². The number of nitrogens with zero attached hydrogens (tertiary/aromatic N) is 4. The third-order valence-electron chi connectivity index (χ3n) is 4.47. The first-order valence-electron chi connectivity index (χ1n) is 7.98. The second kappa shape index (κ2) is 6.05. The average Bonchev–Trinajstić information content (AvgIpc) is 3.12. The first kappa shape index (κ1) is 15.4. The fraction of sp³-hybridized carbons (Fsp3) is 0.500. The van der Waals surface area contributed by atoms with Crippen molar-refractivity contribution in [3.63, 3.8) is 0 Å². The number of carbonyl (C=O) groups is 1. The molecule has 3 heterocycles. The lowest BCUT2D eigenvalue weighted by molar-refractivity contribution is 0.0789. The maximum atomic E-state index is 12.6. The van der Waals surface area contributed by atoms with Crippen LogP contribution in [0, 0.1) is 0 Å². The smallest absolute Gasteiger partial charge is 0.255 e. The van der Waals surface area contributed by atoms with Crippen LogP contribution in [0.4, 0.5) is 0 Å². The topological polar surface area (TPSA) is 81.4 Å². The van der Waals surface area contributed by atoms with Gasteiger partial charge in [-0.25, -0.2) is 4.98 Å². The zero-order chi connectivity index (χ0) is 16.7. The molecular formula is C16H17ClN4O3. The molecule has 0 aromatic carbocycles. The van der Waals surface area contributed by atoms with Crippen LogP contribution in [-0.2, 0) is 0 Å². The highest BCUT2D eigenvalue weighted by Gasteiger charge is 2.34. The number of methoxy groups -OCH3 is 1. The number of hydrogen-bond donors (Lipinski definition) is 0. The number of halogens is 1. The summed E-state index contributed by atoms with van der Waals surface area (Å²) in [7, 11) is 1.49. The van der Waals surface area contributed by atoms with Crippen LogP contribution in [0.25, 0.3) is 0 Å². The minimum Gasteiger partial charge on any atom is -0.480 e. The van der Waals surface area contributed by atoms with Gasteiger partial charge in [-0.05, 0) is 25.3 Å². The van der Waals surface area contributed by atoms with Crippen LogP contribution < -0.4 is 4.74 Å². The molecule has 2 aromatic rings. The zero-order valence-electron chi connectivity index (χ0n) is 13.2. The molecule has 0 N–H and O–H groups in total. The summed E-state index contributed by atoms with van der Waals surface area (Å²) < 4.78 is 10.4. The summed E-state index contributed by atoms with van der Waals surface area (Å²) in [6, 6.07) is 1.58. The highest BCUT2D eigenvalue weighted by Crippen LogP contribution is 2.39. The van der Waals surface area contributed by atoms with E-state index in [1.807, 2.05) is 0 Å². The Morgan fingerprint density at radius 3 is 2.92 bits per heavy atom. The molecular weight excluding hydrogens is 332 g/mol. The highest BCUT2D eigenvalue weighted by atomic mass is 35.5. The van der Waals surface area contributed by atoms with Gasteiger partial charge in [0, 0.05) is 25.2 Å². The average molecular weight is 349 g/mol. The Balaban J connectivity index is 1.45. The van der Waals surface area contributed by atoms with Crippen LogP contribution in [-0.4, -0.2) is 46.1 Å². The van der Waals surface area contributed by atoms with E-state index >= 15 is 0 Å². The van der Waals surface area contributed by atoms with Crippen molar-refractivity contribution in [1.29, 1.82) is 0 Å². The largest absolute Gasteiger partial charge is 0.480 e. The van der Waals surface area contributed by atoms with E-state index in [-0.39, 0.29) is 11.8 Å². The molecule has 0 radical (unpaired) electrons. The second-order valence-corrected chi connectivity index (χ2v) is 6.62. The molecule has 0 spiro atoms. The van der Waals surface area contributed by atoms with Crippen LogP contribution in [0.5, 0.6) is 5.88 Å². The van der Waals surface area contributed by atoms with Crippen LogP contribution in [0.2, 0.25) is 5.02 Å². The molecule has 1 atom stereocenters. The third-order valence-corrected chi connectivity index (χ3v) is 4.74. The van der Waals surface area contributed by atoms with Gasteiger partial charge >= 0.3 is 0 Å². The van der Waals surface area contributed by atoms with E-state index in [9.17, 15) is 4.79 Å². The van der Waals surface area contributed by atoms with Crippen LogP contribution >= 0.6 is 11.6 Å². The number of rotatable bonds is 4. The van der Waals surface area contributed by atoms with Crippen molar-refractivity contribution in [1.82, 2.24) is 20.0 Å². The molecule has 1 saturated carbocycles. The van der Waals surface area contributed by atoms with E-state index in [1.165, 1.54) is 13.3 Å². The fourth-order valence-electron chi connectivity index (χ4n) is 2.94. The van der Waals surface area contributed by atoms with E-state index < -0.39 is 0 Å². The molecule has 2 fully saturated rings. The predicted molar refractivity (Wildman–Crippen MR) is 85.3 cm³/mol. The van der Waals surface area contributed by atoms with Crippen molar-refractivity contribution in [2.24, 2.45) is 0 Å². The Hall–Kier alpha value is -2.15. The Bertz CT molecular complexity index is 774. The Morgan fingerprint density at radius 2 is 2.21 bits per heavy atom. The predicted octanol–water partition coefficient (Wildman–Crippen LogP) is 2.63. The second-order valence-electron chi connectivity index (χ2n) is 6.22. The number of carbonyl (C=O) groups excluding carboxylic acids is 1. The first-order chi connectivity index (χ1) is 11.7. The molecule has 126 valence electrons. The Labute approximate surface area is 144 Å². The van der Waals surface area contributed by atoms with Gasteiger partial charge in [-0.15, -0.1) is 0 Å². The fourth-order valence-corrected chi connectivity index (χ4v) is 3.19. The maximum Gasteiger partial charge on any atom is 0.255 e. The van der Waals surface area contributed by atoms with Crippen molar-refractivity contribution in [2.45, 2.75) is 31.1 Å². The molecule has 1 saturated heterocycles. The Kier molecular flexibility index (Phi) is 3.88. The Morgan fingerprint density at radius 1 is 1.38 bits per heavy atom. The lowest BCUT2D eigenvalue weighted by atomic mass is 10.1. The number of ether oxygens (including phenoxy) is 1. The van der Waals surface area contributed by atoms with E-state index in [2.05, 4.69) is 15.1 Å². The maximum absolute atomic E-state index is 12.6. The van der Waals surface area contributed by atoms with Gasteiger partial charge in [-0.1, -0.05) is 16.8 Å². The molecule has 24 heavy (non-hydrogen) atoms. The molecule has 1 aliphatic carbocycles. The SMILES string of the molecule is COc1ncc(C(=O)N2CC[C@H](c3nc(C4CC4)no3)C2)cc1Cl. The van der Waals surface area contributed by atoms with E-state index in [0.717, 1.165) is 25.1 Å². The van der Waals surface area contributed by atoms with Gasteiger partial charge in [-0.3, -0.25) is 4.79 Å². The molecule has 2 aliphatic rings. The minimum atomic E-state index is -0.100. The number of hydrogen-bond acceptors (Lipinski definition) is 6. The number of pyridine rings is 1. The summed E-state index contributed by atoms with van der Waals surface area (Å²) in [6.45, 7) is 1.21. The monoisotopic (exact) mass is 348 g/mol. The highest BCUT2D eigenvalue weighted by molar-refractivity contribution is 6.32. The van der Waals surface area contributed by atoms with Gasteiger partial charge in [0.25, 0.3) is 5.91 Å². The molecule has 8 heteroatoms. The van der Waals surface area contributed by atoms with Gasteiger partial charge < -0.3 is 14.2 Å². The first-order valence-corrected chi connectivity index (χ1v) is 8.36. The molecule has 2 aromatic heterocycles. The van der Waals surface area contributed by atoms with Gasteiger partial charge in [0.05, 0.1) is 18.6 Å². The van der Waals surface area contributed by atoms with Crippen molar-refractivity contribution in [2.75, 3.05) is 20.2 Å². The summed E-state index contributed by atoms with van der Waals surface area (Å²) in [6.07, 6.45) is 4.58. The quantitative estimate of drug-likeness (QED) is 0.844. The number of aromatic nitrogens is 3. The minimum absolute atomic E-state index is 0.0932. The summed E-state index contributed by atoms with van der Waals surface area (Å²) in [5.41, 5.74) is 0.450. The normalized spacial score (nSPS) is 20.4. The molecule has 1 aliphatic heterocycles. The summed E-state index contributed by atoms with van der Waals surface area (Å²) in [5, 5.41) is 4.37. The van der Waals surface area contributed by atoms with E-state index in [4.69, 9.17) is 20.9 Å². The van der Waals surface area contributed by atoms with Crippen molar-refractivity contribution >= 4 is 17.5 Å². The van der Waals surface area contributed by atoms with Crippen molar-refractivity contribution in [3.05, 3.63) is 34.6 Å². The number of likely N-dealkylation sites (tertiary alicyclic amines) is 1. The van der Waals surface area contributed by atoms with Crippen LogP contribution in [0.15, 0.2) is 16.8 Å². The summed E-state index contributed by atoms with van der Waals surface area (Å²) in [5.74, 6) is 2.21. The van der Waals surface area contributed by atoms with Crippen LogP contribution in [0.3, 0.4) is 0 Å². The van der Waals surface area contributed by atoms with Gasteiger partial charge in [-0.2, -0.15) is 4.98 Å². The number of amides is 1. The molecule has 7 nitrogen and oxygen atoms in total. The standard InChI is InChI=1S/C16H17ClN4O3/c1-23-15-12(17)6-11(7-18-15)16(22)21-5-4-10(8-21)14-19-13(20-24-14)9-2-3-9/h6-7,9-10H,2-5,8H2,1H3/t10-/m0/s1. The molecule has 4 rings (SSSR count). The summed E-state index contributed by atoms with van der Waals surface area (Å²) in [4.78, 5) is 22.9. The molecule has 0 bridgehead atoms. The van der Waals surface area contributed by atoms with Gasteiger partial charge in [0.15, 0.2) is 5.82 Å². The summed E-state index contributed by atoms with van der Waals surface area (Å²) >= 11 is 6.05. The molecule has 1 amide bonds. The lowest BCUT2D eigenvalue weighted by Crippen LogP contribution is -2.28. The zero-order valence-corrected chi connectivity index (χ0v) is 14.0. The van der Waals surface area contributed by atoms with E-state index in [1.54, 1.807) is 11.0 Å².